The number of anilines is 2. The van der Waals surface area contributed by atoms with Gasteiger partial charge in [-0.3, -0.25) is 0 Å². The SMILES string of the molecule is COc1c(Nc2ccc(S(C)(=O)=O)cc2F)ncnc1C(C)C. The van der Waals surface area contributed by atoms with Gasteiger partial charge in [-0.05, 0) is 24.1 Å². The van der Waals surface area contributed by atoms with Crippen LogP contribution in [0.4, 0.5) is 15.9 Å². The maximum absolute atomic E-state index is 14.1. The number of methoxy groups -OCH3 is 1. The molecule has 0 spiro atoms. The van der Waals surface area contributed by atoms with Crippen molar-refractivity contribution in [1.82, 2.24) is 9.97 Å². The summed E-state index contributed by atoms with van der Waals surface area (Å²) in [6.07, 6.45) is 2.39. The molecule has 23 heavy (non-hydrogen) atoms. The summed E-state index contributed by atoms with van der Waals surface area (Å²) < 4.78 is 42.4. The standard InChI is InChI=1S/C15H18FN3O3S/c1-9(2)13-14(22-3)15(18-8-17-13)19-12-6-5-10(7-11(12)16)23(4,20)21/h5-9H,1-4H3,(H,17,18,19). The van der Waals surface area contributed by atoms with Crippen LogP contribution >= 0.6 is 0 Å². The molecular weight excluding hydrogens is 321 g/mol. The monoisotopic (exact) mass is 339 g/mol. The minimum atomic E-state index is -3.46. The summed E-state index contributed by atoms with van der Waals surface area (Å²) in [4.78, 5) is 8.15. The molecule has 0 bridgehead atoms. The van der Waals surface area contributed by atoms with E-state index in [4.69, 9.17) is 4.74 Å². The van der Waals surface area contributed by atoms with E-state index in [1.165, 1.54) is 25.6 Å². The fourth-order valence-electron chi connectivity index (χ4n) is 2.04. The zero-order valence-corrected chi connectivity index (χ0v) is 14.1. The zero-order chi connectivity index (χ0) is 17.2. The number of aromatic nitrogens is 2. The summed E-state index contributed by atoms with van der Waals surface area (Å²) in [5.74, 6) is 0.150. The van der Waals surface area contributed by atoms with Gasteiger partial charge >= 0.3 is 0 Å². The lowest BCUT2D eigenvalue weighted by atomic mass is 10.1. The number of hydrogen-bond donors (Lipinski definition) is 1. The predicted octanol–water partition coefficient (Wildman–Crippen LogP) is 2.89. The van der Waals surface area contributed by atoms with Crippen molar-refractivity contribution in [2.75, 3.05) is 18.7 Å². The van der Waals surface area contributed by atoms with Crippen molar-refractivity contribution in [3.8, 4) is 5.75 Å². The molecule has 0 radical (unpaired) electrons. The van der Waals surface area contributed by atoms with Gasteiger partial charge in [0.2, 0.25) is 0 Å². The van der Waals surface area contributed by atoms with Crippen LogP contribution in [0, 0.1) is 5.82 Å². The number of sulfone groups is 1. The van der Waals surface area contributed by atoms with Crippen molar-refractivity contribution in [1.29, 1.82) is 0 Å². The molecule has 2 rings (SSSR count). The van der Waals surface area contributed by atoms with E-state index in [9.17, 15) is 12.8 Å². The van der Waals surface area contributed by atoms with Crippen LogP contribution in [0.25, 0.3) is 0 Å². The molecular formula is C15H18FN3O3S. The van der Waals surface area contributed by atoms with Crippen LogP contribution in [0.5, 0.6) is 5.75 Å². The minimum Gasteiger partial charge on any atom is -0.491 e. The lowest BCUT2D eigenvalue weighted by Crippen LogP contribution is -2.06. The molecule has 124 valence electrons. The normalized spacial score (nSPS) is 11.6. The molecule has 0 fully saturated rings. The fourth-order valence-corrected chi connectivity index (χ4v) is 2.68. The Balaban J connectivity index is 2.42. The third kappa shape index (κ3) is 3.76. The van der Waals surface area contributed by atoms with Gasteiger partial charge in [-0.1, -0.05) is 13.8 Å². The second-order valence-corrected chi connectivity index (χ2v) is 7.35. The van der Waals surface area contributed by atoms with Gasteiger partial charge in [0.25, 0.3) is 0 Å². The summed E-state index contributed by atoms with van der Waals surface area (Å²) in [5.41, 5.74) is 0.794. The van der Waals surface area contributed by atoms with Crippen LogP contribution in [0.15, 0.2) is 29.4 Å². The molecule has 6 nitrogen and oxygen atoms in total. The number of nitrogens with zero attached hydrogens (tertiary/aromatic N) is 2. The highest BCUT2D eigenvalue weighted by atomic mass is 32.2. The van der Waals surface area contributed by atoms with Crippen molar-refractivity contribution in [2.24, 2.45) is 0 Å². The molecule has 1 aromatic carbocycles. The minimum absolute atomic E-state index is 0.0851. The Morgan fingerprint density at radius 3 is 2.48 bits per heavy atom. The lowest BCUT2D eigenvalue weighted by Gasteiger charge is -2.15. The van der Waals surface area contributed by atoms with E-state index in [2.05, 4.69) is 15.3 Å². The second kappa shape index (κ2) is 6.49. The molecule has 0 saturated heterocycles. The first-order valence-electron chi connectivity index (χ1n) is 6.89. The van der Waals surface area contributed by atoms with E-state index < -0.39 is 15.7 Å². The largest absolute Gasteiger partial charge is 0.491 e. The maximum Gasteiger partial charge on any atom is 0.183 e. The molecule has 0 atom stereocenters. The summed E-state index contributed by atoms with van der Waals surface area (Å²) in [7, 11) is -1.98. The lowest BCUT2D eigenvalue weighted by molar-refractivity contribution is 0.404. The van der Waals surface area contributed by atoms with Crippen molar-refractivity contribution in [3.63, 3.8) is 0 Å². The number of rotatable bonds is 5. The number of halogens is 1. The Kier molecular flexibility index (Phi) is 4.84. The third-order valence-corrected chi connectivity index (χ3v) is 4.31. The molecule has 8 heteroatoms. The van der Waals surface area contributed by atoms with E-state index in [1.807, 2.05) is 13.8 Å². The highest BCUT2D eigenvalue weighted by molar-refractivity contribution is 7.90. The summed E-state index contributed by atoms with van der Waals surface area (Å²) in [6.45, 7) is 3.91. The van der Waals surface area contributed by atoms with Gasteiger partial charge in [-0.2, -0.15) is 0 Å². The topological polar surface area (TPSA) is 81.2 Å². The van der Waals surface area contributed by atoms with Gasteiger partial charge in [-0.25, -0.2) is 22.8 Å². The van der Waals surface area contributed by atoms with Crippen LogP contribution < -0.4 is 10.1 Å². The smallest absolute Gasteiger partial charge is 0.183 e. The first kappa shape index (κ1) is 17.1. The highest BCUT2D eigenvalue weighted by Gasteiger charge is 2.17. The van der Waals surface area contributed by atoms with E-state index in [1.54, 1.807) is 0 Å². The van der Waals surface area contributed by atoms with Crippen LogP contribution in [0.2, 0.25) is 0 Å². The molecule has 1 N–H and O–H groups in total. The van der Waals surface area contributed by atoms with Crippen molar-refractivity contribution in [2.45, 2.75) is 24.7 Å². The quantitative estimate of drug-likeness (QED) is 0.902. The average Bonchev–Trinajstić information content (AvgIpc) is 2.47. The number of nitrogens with one attached hydrogen (secondary N) is 1. The Morgan fingerprint density at radius 1 is 1.26 bits per heavy atom. The molecule has 1 aromatic heterocycles. The number of hydrogen-bond acceptors (Lipinski definition) is 6. The van der Waals surface area contributed by atoms with Gasteiger partial charge in [0, 0.05) is 6.26 Å². The predicted molar refractivity (Wildman–Crippen MR) is 85.5 cm³/mol. The molecule has 0 aliphatic heterocycles. The Bertz CT molecular complexity index is 823. The summed E-state index contributed by atoms with van der Waals surface area (Å²) in [6, 6.07) is 3.65. The average molecular weight is 339 g/mol. The van der Waals surface area contributed by atoms with Gasteiger partial charge in [0.15, 0.2) is 21.4 Å². The second-order valence-electron chi connectivity index (χ2n) is 5.33. The zero-order valence-electron chi connectivity index (χ0n) is 13.3. The van der Waals surface area contributed by atoms with Crippen LogP contribution in [-0.2, 0) is 9.84 Å². The van der Waals surface area contributed by atoms with Crippen LogP contribution in [0.3, 0.4) is 0 Å². The fraction of sp³-hybridized carbons (Fsp3) is 0.333. The highest BCUT2D eigenvalue weighted by Crippen LogP contribution is 2.32. The van der Waals surface area contributed by atoms with E-state index in [0.717, 1.165) is 12.3 Å². The summed E-state index contributed by atoms with van der Waals surface area (Å²) >= 11 is 0. The Hall–Kier alpha value is -2.22. The molecule has 1 heterocycles. The van der Waals surface area contributed by atoms with Gasteiger partial charge in [0.1, 0.15) is 12.1 Å². The van der Waals surface area contributed by atoms with Crippen molar-refractivity contribution >= 4 is 21.3 Å². The summed E-state index contributed by atoms with van der Waals surface area (Å²) in [5, 5.41) is 2.82. The van der Waals surface area contributed by atoms with Crippen molar-refractivity contribution in [3.05, 3.63) is 36.0 Å². The van der Waals surface area contributed by atoms with E-state index in [0.29, 0.717) is 17.3 Å². The van der Waals surface area contributed by atoms with E-state index >= 15 is 0 Å². The molecule has 2 aromatic rings. The van der Waals surface area contributed by atoms with Gasteiger partial charge in [-0.15, -0.1) is 0 Å². The third-order valence-electron chi connectivity index (χ3n) is 3.20. The van der Waals surface area contributed by atoms with E-state index in [-0.39, 0.29) is 16.5 Å². The first-order chi connectivity index (χ1) is 10.7. The number of benzene rings is 1. The Morgan fingerprint density at radius 2 is 1.96 bits per heavy atom. The molecule has 0 unspecified atom stereocenters. The molecule has 0 aliphatic carbocycles. The molecule has 0 aliphatic rings. The van der Waals surface area contributed by atoms with Crippen LogP contribution in [0.1, 0.15) is 25.5 Å². The molecule has 0 saturated carbocycles. The van der Waals surface area contributed by atoms with Crippen molar-refractivity contribution < 1.29 is 17.5 Å². The molecule has 0 amide bonds. The van der Waals surface area contributed by atoms with Crippen LogP contribution in [-0.4, -0.2) is 31.8 Å². The maximum atomic E-state index is 14.1. The first-order valence-corrected chi connectivity index (χ1v) is 8.78. The van der Waals surface area contributed by atoms with Gasteiger partial charge in [0.05, 0.1) is 23.4 Å². The Labute approximate surface area is 134 Å². The number of ether oxygens (including phenoxy) is 1. The van der Waals surface area contributed by atoms with Gasteiger partial charge < -0.3 is 10.1 Å².